The lowest BCUT2D eigenvalue weighted by molar-refractivity contribution is -0.121. The van der Waals surface area contributed by atoms with Crippen molar-refractivity contribution in [2.24, 2.45) is 5.73 Å². The highest BCUT2D eigenvalue weighted by Crippen LogP contribution is 2.01. The Balaban J connectivity index is 0. The first-order valence-corrected chi connectivity index (χ1v) is 8.01. The van der Waals surface area contributed by atoms with Crippen molar-refractivity contribution in [2.45, 2.75) is 39.0 Å². The van der Waals surface area contributed by atoms with E-state index in [-0.39, 0.29) is 36.4 Å². The quantitative estimate of drug-likeness (QED) is 0.586. The van der Waals surface area contributed by atoms with Gasteiger partial charge < -0.3 is 11.1 Å². The molecule has 7 heteroatoms. The third-order valence-electron chi connectivity index (χ3n) is 2.53. The van der Waals surface area contributed by atoms with Crippen LogP contribution < -0.4 is 11.1 Å². The highest BCUT2D eigenvalue weighted by Gasteiger charge is 2.07. The zero-order valence-corrected chi connectivity index (χ0v) is 12.6. The van der Waals surface area contributed by atoms with Crippen LogP contribution in [0, 0.1) is 0 Å². The van der Waals surface area contributed by atoms with E-state index in [1.54, 1.807) is 6.92 Å². The molecule has 0 aromatic heterocycles. The van der Waals surface area contributed by atoms with Crippen molar-refractivity contribution >= 4 is 28.2 Å². The number of nitrogens with two attached hydrogens (primary N) is 1. The van der Waals surface area contributed by atoms with Crippen LogP contribution in [0.3, 0.4) is 0 Å². The summed E-state index contributed by atoms with van der Waals surface area (Å²) in [5, 5.41) is 2.62. The monoisotopic (exact) mass is 300 g/mol. The standard InChI is InChI=1S/C11H24N2O3S.ClH/c1-2-17(15,16)10-9-13-11(14)7-5-3-4-6-8-12;/h2-10,12H2,1H3,(H,13,14);1H. The van der Waals surface area contributed by atoms with E-state index in [1.807, 2.05) is 0 Å². The maximum absolute atomic E-state index is 11.3. The summed E-state index contributed by atoms with van der Waals surface area (Å²) in [5.41, 5.74) is 5.35. The molecule has 0 saturated heterocycles. The molecule has 0 fully saturated rings. The number of carbonyl (C=O) groups is 1. The van der Waals surface area contributed by atoms with Crippen molar-refractivity contribution in [3.63, 3.8) is 0 Å². The van der Waals surface area contributed by atoms with Crippen LogP contribution >= 0.6 is 12.4 Å². The summed E-state index contributed by atoms with van der Waals surface area (Å²) < 4.78 is 22.3. The van der Waals surface area contributed by atoms with Crippen LogP contribution in [0.4, 0.5) is 0 Å². The van der Waals surface area contributed by atoms with Gasteiger partial charge >= 0.3 is 0 Å². The van der Waals surface area contributed by atoms with Gasteiger partial charge in [0.25, 0.3) is 0 Å². The van der Waals surface area contributed by atoms with Gasteiger partial charge in [0.05, 0.1) is 5.75 Å². The Morgan fingerprint density at radius 1 is 1.17 bits per heavy atom. The zero-order valence-electron chi connectivity index (χ0n) is 11.0. The maximum atomic E-state index is 11.3. The molecule has 0 spiro atoms. The Hall–Kier alpha value is -0.330. The van der Waals surface area contributed by atoms with Crippen molar-refractivity contribution in [3.05, 3.63) is 0 Å². The van der Waals surface area contributed by atoms with E-state index in [0.29, 0.717) is 13.0 Å². The zero-order chi connectivity index (χ0) is 13.1. The Morgan fingerprint density at radius 3 is 2.33 bits per heavy atom. The molecule has 0 aromatic carbocycles. The van der Waals surface area contributed by atoms with Crippen LogP contribution in [-0.4, -0.2) is 38.9 Å². The van der Waals surface area contributed by atoms with Crippen molar-refractivity contribution in [3.8, 4) is 0 Å². The Bertz CT molecular complexity index is 307. The van der Waals surface area contributed by atoms with Crippen LogP contribution in [0.25, 0.3) is 0 Å². The van der Waals surface area contributed by atoms with E-state index < -0.39 is 9.84 Å². The minimum atomic E-state index is -2.98. The third-order valence-corrected chi connectivity index (χ3v) is 4.24. The number of hydrogen-bond donors (Lipinski definition) is 2. The second kappa shape index (κ2) is 11.7. The summed E-state index contributed by atoms with van der Waals surface area (Å²) >= 11 is 0. The van der Waals surface area contributed by atoms with Crippen LogP contribution in [-0.2, 0) is 14.6 Å². The highest BCUT2D eigenvalue weighted by atomic mass is 35.5. The second-order valence-electron chi connectivity index (χ2n) is 4.04. The summed E-state index contributed by atoms with van der Waals surface area (Å²) in [6, 6.07) is 0. The lowest BCUT2D eigenvalue weighted by Gasteiger charge is -2.05. The molecule has 0 rings (SSSR count). The topological polar surface area (TPSA) is 89.3 Å². The minimum absolute atomic E-state index is 0. The normalized spacial score (nSPS) is 10.8. The van der Waals surface area contributed by atoms with E-state index in [4.69, 9.17) is 5.73 Å². The molecule has 3 N–H and O–H groups in total. The molecule has 0 radical (unpaired) electrons. The van der Waals surface area contributed by atoms with Crippen molar-refractivity contribution in [2.75, 3.05) is 24.6 Å². The molecule has 5 nitrogen and oxygen atoms in total. The van der Waals surface area contributed by atoms with Gasteiger partial charge in [0, 0.05) is 18.7 Å². The predicted molar refractivity (Wildman–Crippen MR) is 76.7 cm³/mol. The molecule has 0 heterocycles. The number of carbonyl (C=O) groups excluding carboxylic acids is 1. The lowest BCUT2D eigenvalue weighted by Crippen LogP contribution is -2.29. The molecule has 0 aliphatic heterocycles. The molecule has 0 aliphatic rings. The summed E-state index contributed by atoms with van der Waals surface area (Å²) in [5.74, 6) is 0.0914. The van der Waals surface area contributed by atoms with Crippen molar-refractivity contribution in [1.82, 2.24) is 5.32 Å². The van der Waals surface area contributed by atoms with Gasteiger partial charge in [0.1, 0.15) is 0 Å². The van der Waals surface area contributed by atoms with Gasteiger partial charge in [-0.2, -0.15) is 0 Å². The molecule has 18 heavy (non-hydrogen) atoms. The number of unbranched alkanes of at least 4 members (excludes halogenated alkanes) is 3. The lowest BCUT2D eigenvalue weighted by atomic mass is 10.1. The van der Waals surface area contributed by atoms with E-state index in [9.17, 15) is 13.2 Å². The third kappa shape index (κ3) is 12.1. The Labute approximate surface area is 116 Å². The first kappa shape index (κ1) is 20.0. The predicted octanol–water partition coefficient (Wildman–Crippen LogP) is 0.868. The van der Waals surface area contributed by atoms with Gasteiger partial charge in [0.2, 0.25) is 5.91 Å². The van der Waals surface area contributed by atoms with Crippen LogP contribution in [0.15, 0.2) is 0 Å². The first-order chi connectivity index (χ1) is 8.02. The van der Waals surface area contributed by atoms with E-state index in [2.05, 4.69) is 5.32 Å². The largest absolute Gasteiger partial charge is 0.355 e. The van der Waals surface area contributed by atoms with Crippen molar-refractivity contribution < 1.29 is 13.2 Å². The SMILES string of the molecule is CCS(=O)(=O)CCNC(=O)CCCCCCN.Cl. The van der Waals surface area contributed by atoms with Crippen LogP contribution in [0.5, 0.6) is 0 Å². The van der Waals surface area contributed by atoms with Gasteiger partial charge in [-0.3, -0.25) is 4.79 Å². The molecule has 1 amide bonds. The minimum Gasteiger partial charge on any atom is -0.355 e. The fraction of sp³-hybridized carbons (Fsp3) is 0.909. The molecule has 0 aromatic rings. The number of sulfone groups is 1. The van der Waals surface area contributed by atoms with E-state index in [1.165, 1.54) is 0 Å². The van der Waals surface area contributed by atoms with Gasteiger partial charge in [-0.05, 0) is 19.4 Å². The van der Waals surface area contributed by atoms with E-state index >= 15 is 0 Å². The fourth-order valence-electron chi connectivity index (χ4n) is 1.36. The van der Waals surface area contributed by atoms with Gasteiger partial charge in [0.15, 0.2) is 9.84 Å². The van der Waals surface area contributed by atoms with Crippen LogP contribution in [0.2, 0.25) is 0 Å². The van der Waals surface area contributed by atoms with Gasteiger partial charge in [-0.1, -0.05) is 19.8 Å². The molecule has 0 saturated carbocycles. The average molecular weight is 301 g/mol. The van der Waals surface area contributed by atoms with Crippen molar-refractivity contribution in [1.29, 1.82) is 0 Å². The Kier molecular flexibility index (Phi) is 13.0. The first-order valence-electron chi connectivity index (χ1n) is 6.19. The fourth-order valence-corrected chi connectivity index (χ4v) is 2.06. The number of rotatable bonds is 10. The molecule has 0 bridgehead atoms. The average Bonchev–Trinajstić information content (AvgIpc) is 2.28. The maximum Gasteiger partial charge on any atom is 0.220 e. The number of hydrogen-bond acceptors (Lipinski definition) is 4. The van der Waals surface area contributed by atoms with Gasteiger partial charge in [-0.25, -0.2) is 8.42 Å². The Morgan fingerprint density at radius 2 is 1.78 bits per heavy atom. The molecule has 0 aliphatic carbocycles. The smallest absolute Gasteiger partial charge is 0.220 e. The summed E-state index contributed by atoms with van der Waals surface area (Å²) in [4.78, 5) is 11.3. The van der Waals surface area contributed by atoms with Gasteiger partial charge in [-0.15, -0.1) is 12.4 Å². The molecule has 0 unspecified atom stereocenters. The summed E-state index contributed by atoms with van der Waals surface area (Å²) in [7, 11) is -2.98. The summed E-state index contributed by atoms with van der Waals surface area (Å²) in [6.45, 7) is 2.52. The molecular formula is C11H25ClN2O3S. The number of halogens is 1. The molecular weight excluding hydrogens is 276 g/mol. The molecule has 0 atom stereocenters. The van der Waals surface area contributed by atoms with Crippen LogP contribution in [0.1, 0.15) is 39.0 Å². The number of nitrogens with one attached hydrogen (secondary N) is 1. The molecule has 110 valence electrons. The summed E-state index contributed by atoms with van der Waals surface area (Å²) in [6.07, 6.45) is 4.35. The number of amides is 1. The van der Waals surface area contributed by atoms with E-state index in [0.717, 1.165) is 25.7 Å². The highest BCUT2D eigenvalue weighted by molar-refractivity contribution is 7.91. The second-order valence-corrected chi connectivity index (χ2v) is 6.51.